The number of ketones is 1. The molecule has 0 aliphatic carbocycles. The van der Waals surface area contributed by atoms with Crippen LogP contribution in [0.1, 0.15) is 51.4 Å². The molecule has 1 rings (SSSR count). The molecule has 0 unspecified atom stereocenters. The minimum atomic E-state index is -0.412. The van der Waals surface area contributed by atoms with Crippen molar-refractivity contribution in [1.29, 1.82) is 0 Å². The van der Waals surface area contributed by atoms with Crippen LogP contribution in [0.4, 0.5) is 0 Å². The predicted molar refractivity (Wildman–Crippen MR) is 76.6 cm³/mol. The van der Waals surface area contributed by atoms with E-state index in [1.807, 2.05) is 34.6 Å². The molecule has 0 amide bonds. The summed E-state index contributed by atoms with van der Waals surface area (Å²) < 4.78 is 5.79. The van der Waals surface area contributed by atoms with Crippen molar-refractivity contribution in [2.24, 2.45) is 5.41 Å². The number of benzene rings is 1. The molecule has 0 saturated carbocycles. The Balaban J connectivity index is 2.80. The van der Waals surface area contributed by atoms with Gasteiger partial charge in [0, 0.05) is 24.0 Å². The van der Waals surface area contributed by atoms with E-state index in [0.717, 1.165) is 0 Å². The molecule has 1 aromatic rings. The van der Waals surface area contributed by atoms with Crippen LogP contribution in [0.5, 0.6) is 5.75 Å². The zero-order chi connectivity index (χ0) is 14.7. The maximum atomic E-state index is 12.1. The fourth-order valence-electron chi connectivity index (χ4n) is 1.75. The monoisotopic (exact) mass is 264 g/mol. The smallest absolute Gasteiger partial charge is 0.168 e. The molecule has 0 saturated heterocycles. The number of aliphatic hydroxyl groups is 1. The summed E-state index contributed by atoms with van der Waals surface area (Å²) in [7, 11) is 0. The quantitative estimate of drug-likeness (QED) is 0.828. The molecule has 0 radical (unpaired) electrons. The highest BCUT2D eigenvalue weighted by Crippen LogP contribution is 2.25. The molecule has 3 nitrogen and oxygen atoms in total. The maximum Gasteiger partial charge on any atom is 0.168 e. The minimum Gasteiger partial charge on any atom is -0.488 e. The van der Waals surface area contributed by atoms with E-state index < -0.39 is 5.60 Å². The van der Waals surface area contributed by atoms with Crippen molar-refractivity contribution < 1.29 is 14.6 Å². The molecule has 0 aliphatic heterocycles. The van der Waals surface area contributed by atoms with E-state index in [1.54, 1.807) is 24.3 Å². The third-order valence-electron chi connectivity index (χ3n) is 2.91. The van der Waals surface area contributed by atoms with E-state index in [0.29, 0.717) is 17.7 Å². The number of carbonyl (C=O) groups is 1. The van der Waals surface area contributed by atoms with Gasteiger partial charge in [-0.2, -0.15) is 0 Å². The van der Waals surface area contributed by atoms with Crippen LogP contribution >= 0.6 is 0 Å². The van der Waals surface area contributed by atoms with Gasteiger partial charge in [0.1, 0.15) is 11.4 Å². The summed E-state index contributed by atoms with van der Waals surface area (Å²) in [4.78, 5) is 12.1. The van der Waals surface area contributed by atoms with Gasteiger partial charge >= 0.3 is 0 Å². The minimum absolute atomic E-state index is 0.0909. The molecule has 0 bridgehead atoms. The van der Waals surface area contributed by atoms with Crippen molar-refractivity contribution in [3.05, 3.63) is 29.8 Å². The van der Waals surface area contributed by atoms with Crippen molar-refractivity contribution in [2.45, 2.75) is 46.6 Å². The predicted octanol–water partition coefficient (Wildman–Crippen LogP) is 3.46. The molecular formula is C16H24O3. The number of hydrogen-bond acceptors (Lipinski definition) is 3. The average Bonchev–Trinajstić information content (AvgIpc) is 2.27. The second kappa shape index (κ2) is 5.74. The van der Waals surface area contributed by atoms with Crippen LogP contribution in [0.15, 0.2) is 24.3 Å². The Morgan fingerprint density at radius 3 is 2.05 bits per heavy atom. The van der Waals surface area contributed by atoms with E-state index in [9.17, 15) is 4.79 Å². The Bertz CT molecular complexity index is 424. The van der Waals surface area contributed by atoms with Crippen molar-refractivity contribution in [3.63, 3.8) is 0 Å². The van der Waals surface area contributed by atoms with Gasteiger partial charge in [-0.15, -0.1) is 0 Å². The van der Waals surface area contributed by atoms with Crippen LogP contribution in [-0.2, 0) is 0 Å². The highest BCUT2D eigenvalue weighted by atomic mass is 16.5. The fourth-order valence-corrected chi connectivity index (χ4v) is 1.75. The molecular weight excluding hydrogens is 240 g/mol. The first-order valence-corrected chi connectivity index (χ1v) is 6.60. The molecule has 0 fully saturated rings. The first kappa shape index (κ1) is 15.7. The van der Waals surface area contributed by atoms with E-state index >= 15 is 0 Å². The first-order valence-electron chi connectivity index (χ1n) is 6.60. The Labute approximate surface area is 115 Å². The van der Waals surface area contributed by atoms with Gasteiger partial charge in [-0.1, -0.05) is 20.8 Å². The highest BCUT2D eigenvalue weighted by molar-refractivity contribution is 5.99. The van der Waals surface area contributed by atoms with Crippen LogP contribution in [-0.4, -0.2) is 23.1 Å². The van der Waals surface area contributed by atoms with Gasteiger partial charge in [0.2, 0.25) is 0 Å². The third kappa shape index (κ3) is 4.67. The maximum absolute atomic E-state index is 12.1. The number of carbonyl (C=O) groups excluding carboxylic acids is 1. The SMILES string of the molecule is CC(C)(CCO)Oc1ccc(C(=O)C(C)(C)C)cc1. The van der Waals surface area contributed by atoms with Crippen LogP contribution in [0, 0.1) is 5.41 Å². The largest absolute Gasteiger partial charge is 0.488 e. The van der Waals surface area contributed by atoms with Crippen LogP contribution < -0.4 is 4.74 Å². The van der Waals surface area contributed by atoms with Crippen molar-refractivity contribution >= 4 is 5.78 Å². The lowest BCUT2D eigenvalue weighted by atomic mass is 9.86. The van der Waals surface area contributed by atoms with Gasteiger partial charge in [-0.05, 0) is 38.1 Å². The van der Waals surface area contributed by atoms with Gasteiger partial charge in [-0.25, -0.2) is 0 Å². The molecule has 0 heterocycles. The molecule has 3 heteroatoms. The Morgan fingerprint density at radius 2 is 1.63 bits per heavy atom. The Hall–Kier alpha value is -1.35. The third-order valence-corrected chi connectivity index (χ3v) is 2.91. The van der Waals surface area contributed by atoms with Crippen molar-refractivity contribution in [1.82, 2.24) is 0 Å². The summed E-state index contributed by atoms with van der Waals surface area (Å²) in [6.07, 6.45) is 0.565. The molecule has 19 heavy (non-hydrogen) atoms. The van der Waals surface area contributed by atoms with Gasteiger partial charge in [0.05, 0.1) is 0 Å². The van der Waals surface area contributed by atoms with E-state index in [1.165, 1.54) is 0 Å². The molecule has 1 aromatic carbocycles. The first-order chi connectivity index (χ1) is 8.65. The molecule has 0 atom stereocenters. The van der Waals surface area contributed by atoms with Gasteiger partial charge < -0.3 is 9.84 Å². The summed E-state index contributed by atoms with van der Waals surface area (Å²) in [5.41, 5.74) is -0.0946. The second-order valence-electron chi connectivity index (χ2n) is 6.44. The summed E-state index contributed by atoms with van der Waals surface area (Å²) in [5, 5.41) is 8.96. The average molecular weight is 264 g/mol. The fraction of sp³-hybridized carbons (Fsp3) is 0.562. The van der Waals surface area contributed by atoms with Gasteiger partial charge in [0.25, 0.3) is 0 Å². The number of ether oxygens (including phenoxy) is 1. The van der Waals surface area contributed by atoms with Crippen molar-refractivity contribution in [3.8, 4) is 5.75 Å². The number of aliphatic hydroxyl groups excluding tert-OH is 1. The zero-order valence-electron chi connectivity index (χ0n) is 12.5. The lowest BCUT2D eigenvalue weighted by Gasteiger charge is -2.26. The van der Waals surface area contributed by atoms with Crippen LogP contribution in [0.2, 0.25) is 0 Å². The molecule has 106 valence electrons. The standard InChI is InChI=1S/C16H24O3/c1-15(2,3)14(18)12-6-8-13(9-7-12)19-16(4,5)10-11-17/h6-9,17H,10-11H2,1-5H3. The van der Waals surface area contributed by atoms with E-state index in [-0.39, 0.29) is 17.8 Å². The summed E-state index contributed by atoms with van der Waals surface area (Å²) in [6.45, 7) is 9.67. The molecule has 0 spiro atoms. The van der Waals surface area contributed by atoms with Crippen molar-refractivity contribution in [2.75, 3.05) is 6.61 Å². The molecule has 1 N–H and O–H groups in total. The summed E-state index contributed by atoms with van der Waals surface area (Å²) >= 11 is 0. The van der Waals surface area contributed by atoms with E-state index in [4.69, 9.17) is 9.84 Å². The topological polar surface area (TPSA) is 46.5 Å². The van der Waals surface area contributed by atoms with Crippen LogP contribution in [0.25, 0.3) is 0 Å². The van der Waals surface area contributed by atoms with Gasteiger partial charge in [-0.3, -0.25) is 4.79 Å². The normalized spacial score (nSPS) is 12.3. The Kier molecular flexibility index (Phi) is 4.75. The lowest BCUT2D eigenvalue weighted by molar-refractivity contribution is 0.0765. The Morgan fingerprint density at radius 1 is 1.11 bits per heavy atom. The van der Waals surface area contributed by atoms with E-state index in [2.05, 4.69) is 0 Å². The number of Topliss-reactive ketones (excluding diaryl/α,β-unsaturated/α-hetero) is 1. The number of rotatable bonds is 5. The zero-order valence-corrected chi connectivity index (χ0v) is 12.5. The summed E-state index contributed by atoms with van der Waals surface area (Å²) in [6, 6.07) is 7.19. The van der Waals surface area contributed by atoms with Crippen LogP contribution in [0.3, 0.4) is 0 Å². The second-order valence-corrected chi connectivity index (χ2v) is 6.44. The van der Waals surface area contributed by atoms with Gasteiger partial charge in [0.15, 0.2) is 5.78 Å². The molecule has 0 aromatic heterocycles. The highest BCUT2D eigenvalue weighted by Gasteiger charge is 2.23. The summed E-state index contributed by atoms with van der Waals surface area (Å²) in [5.74, 6) is 0.831. The number of hydrogen-bond donors (Lipinski definition) is 1. The lowest BCUT2D eigenvalue weighted by Crippen LogP contribution is -2.29. The molecule has 0 aliphatic rings.